The third-order valence-corrected chi connectivity index (χ3v) is 3.06. The SMILES string of the molecule is CCNC(c1cncnc1)C1(C)CC1. The zero-order valence-electron chi connectivity index (χ0n) is 8.83. The van der Waals surface area contributed by atoms with E-state index in [9.17, 15) is 0 Å². The van der Waals surface area contributed by atoms with Gasteiger partial charge in [-0.25, -0.2) is 9.97 Å². The highest BCUT2D eigenvalue weighted by Crippen LogP contribution is 2.54. The van der Waals surface area contributed by atoms with Crippen LogP contribution in [0.5, 0.6) is 0 Å². The number of rotatable bonds is 4. The first-order valence-corrected chi connectivity index (χ1v) is 5.24. The van der Waals surface area contributed by atoms with Gasteiger partial charge in [0.15, 0.2) is 0 Å². The van der Waals surface area contributed by atoms with E-state index in [0.29, 0.717) is 11.5 Å². The first kappa shape index (κ1) is 9.59. The van der Waals surface area contributed by atoms with Crippen molar-refractivity contribution in [1.82, 2.24) is 15.3 Å². The van der Waals surface area contributed by atoms with Crippen LogP contribution in [0.1, 0.15) is 38.3 Å². The van der Waals surface area contributed by atoms with Crippen LogP contribution in [-0.4, -0.2) is 16.5 Å². The quantitative estimate of drug-likeness (QED) is 0.790. The van der Waals surface area contributed by atoms with Crippen molar-refractivity contribution < 1.29 is 0 Å². The molecule has 0 aliphatic heterocycles. The molecule has 0 spiro atoms. The molecule has 1 atom stereocenters. The van der Waals surface area contributed by atoms with Gasteiger partial charge in [0.25, 0.3) is 0 Å². The molecule has 3 nitrogen and oxygen atoms in total. The molecule has 0 saturated heterocycles. The van der Waals surface area contributed by atoms with Crippen LogP contribution < -0.4 is 5.32 Å². The van der Waals surface area contributed by atoms with E-state index < -0.39 is 0 Å². The largest absolute Gasteiger partial charge is 0.310 e. The van der Waals surface area contributed by atoms with Crippen LogP contribution >= 0.6 is 0 Å². The molecule has 1 aromatic rings. The summed E-state index contributed by atoms with van der Waals surface area (Å²) in [7, 11) is 0. The molecule has 14 heavy (non-hydrogen) atoms. The average molecular weight is 191 g/mol. The third kappa shape index (κ3) is 1.77. The van der Waals surface area contributed by atoms with Gasteiger partial charge in [-0.2, -0.15) is 0 Å². The summed E-state index contributed by atoms with van der Waals surface area (Å²) in [6, 6.07) is 0.425. The summed E-state index contributed by atoms with van der Waals surface area (Å²) < 4.78 is 0. The summed E-state index contributed by atoms with van der Waals surface area (Å²) >= 11 is 0. The Balaban J connectivity index is 2.19. The summed E-state index contributed by atoms with van der Waals surface area (Å²) in [6.07, 6.45) is 8.04. The van der Waals surface area contributed by atoms with E-state index in [1.807, 2.05) is 12.4 Å². The number of hydrogen-bond acceptors (Lipinski definition) is 3. The summed E-state index contributed by atoms with van der Waals surface area (Å²) in [5.74, 6) is 0. The minimum absolute atomic E-state index is 0.425. The van der Waals surface area contributed by atoms with Crippen LogP contribution in [-0.2, 0) is 0 Å². The summed E-state index contributed by atoms with van der Waals surface area (Å²) in [5.41, 5.74) is 1.65. The fourth-order valence-electron chi connectivity index (χ4n) is 1.92. The Hall–Kier alpha value is -0.960. The molecular formula is C11H17N3. The van der Waals surface area contributed by atoms with Crippen molar-refractivity contribution in [2.24, 2.45) is 5.41 Å². The second-order valence-electron chi connectivity index (χ2n) is 4.32. The molecule has 1 unspecified atom stereocenters. The Morgan fingerprint density at radius 1 is 1.43 bits per heavy atom. The first-order chi connectivity index (χ1) is 6.76. The Morgan fingerprint density at radius 2 is 2.07 bits per heavy atom. The molecule has 1 aliphatic carbocycles. The molecule has 1 fully saturated rings. The van der Waals surface area contributed by atoms with Gasteiger partial charge in [0.1, 0.15) is 6.33 Å². The van der Waals surface area contributed by atoms with E-state index in [0.717, 1.165) is 6.54 Å². The van der Waals surface area contributed by atoms with Gasteiger partial charge in [0, 0.05) is 24.0 Å². The average Bonchev–Trinajstić information content (AvgIpc) is 2.95. The van der Waals surface area contributed by atoms with Crippen molar-refractivity contribution in [3.8, 4) is 0 Å². The van der Waals surface area contributed by atoms with Gasteiger partial charge >= 0.3 is 0 Å². The molecule has 1 heterocycles. The molecule has 0 amide bonds. The molecule has 76 valence electrons. The first-order valence-electron chi connectivity index (χ1n) is 5.24. The minimum atomic E-state index is 0.425. The number of hydrogen-bond donors (Lipinski definition) is 1. The van der Waals surface area contributed by atoms with Crippen molar-refractivity contribution in [2.75, 3.05) is 6.54 Å². The zero-order valence-corrected chi connectivity index (χ0v) is 8.83. The van der Waals surface area contributed by atoms with E-state index >= 15 is 0 Å². The molecule has 0 aromatic carbocycles. The van der Waals surface area contributed by atoms with Crippen molar-refractivity contribution in [1.29, 1.82) is 0 Å². The van der Waals surface area contributed by atoms with Crippen LogP contribution in [0.15, 0.2) is 18.7 Å². The molecule has 1 saturated carbocycles. The maximum absolute atomic E-state index is 4.08. The zero-order chi connectivity index (χ0) is 10.0. The van der Waals surface area contributed by atoms with Crippen LogP contribution in [0.3, 0.4) is 0 Å². The highest BCUT2D eigenvalue weighted by atomic mass is 15.0. The van der Waals surface area contributed by atoms with Gasteiger partial charge in [0.05, 0.1) is 0 Å². The third-order valence-electron chi connectivity index (χ3n) is 3.06. The maximum atomic E-state index is 4.08. The Bertz CT molecular complexity index is 293. The van der Waals surface area contributed by atoms with E-state index in [2.05, 4.69) is 29.1 Å². The second-order valence-corrected chi connectivity index (χ2v) is 4.32. The molecule has 0 bridgehead atoms. The van der Waals surface area contributed by atoms with E-state index in [4.69, 9.17) is 0 Å². The van der Waals surface area contributed by atoms with Gasteiger partial charge in [-0.3, -0.25) is 0 Å². The van der Waals surface area contributed by atoms with E-state index in [1.54, 1.807) is 6.33 Å². The van der Waals surface area contributed by atoms with Crippen LogP contribution in [0.2, 0.25) is 0 Å². The minimum Gasteiger partial charge on any atom is -0.310 e. The number of aromatic nitrogens is 2. The molecule has 0 radical (unpaired) electrons. The normalized spacial score (nSPS) is 20.4. The van der Waals surface area contributed by atoms with Gasteiger partial charge in [-0.15, -0.1) is 0 Å². The predicted octanol–water partition coefficient (Wildman–Crippen LogP) is 1.93. The molecule has 2 rings (SSSR count). The molecule has 1 N–H and O–H groups in total. The standard InChI is InChI=1S/C11H17N3/c1-3-14-10(11(2)4-5-11)9-6-12-8-13-7-9/h6-8,10,14H,3-5H2,1-2H3. The van der Waals surface area contributed by atoms with Crippen LogP contribution in [0, 0.1) is 5.41 Å². The van der Waals surface area contributed by atoms with Crippen molar-refractivity contribution >= 4 is 0 Å². The summed E-state index contributed by atoms with van der Waals surface area (Å²) in [5, 5.41) is 3.52. The van der Waals surface area contributed by atoms with Gasteiger partial charge in [-0.05, 0) is 24.8 Å². The fraction of sp³-hybridized carbons (Fsp3) is 0.636. The summed E-state index contributed by atoms with van der Waals surface area (Å²) in [6.45, 7) is 5.46. The monoisotopic (exact) mass is 191 g/mol. The van der Waals surface area contributed by atoms with Crippen LogP contribution in [0.25, 0.3) is 0 Å². The lowest BCUT2D eigenvalue weighted by Gasteiger charge is -2.24. The van der Waals surface area contributed by atoms with Crippen molar-refractivity contribution in [3.63, 3.8) is 0 Å². The van der Waals surface area contributed by atoms with Gasteiger partial charge in [0.2, 0.25) is 0 Å². The number of nitrogens with one attached hydrogen (secondary N) is 1. The van der Waals surface area contributed by atoms with Crippen LogP contribution in [0.4, 0.5) is 0 Å². The van der Waals surface area contributed by atoms with Gasteiger partial charge < -0.3 is 5.32 Å². The predicted molar refractivity (Wildman–Crippen MR) is 55.8 cm³/mol. The van der Waals surface area contributed by atoms with E-state index in [-0.39, 0.29) is 0 Å². The smallest absolute Gasteiger partial charge is 0.115 e. The van der Waals surface area contributed by atoms with Gasteiger partial charge in [-0.1, -0.05) is 13.8 Å². The maximum Gasteiger partial charge on any atom is 0.115 e. The molecular weight excluding hydrogens is 174 g/mol. The fourth-order valence-corrected chi connectivity index (χ4v) is 1.92. The molecule has 1 aliphatic rings. The van der Waals surface area contributed by atoms with Crippen molar-refractivity contribution in [3.05, 3.63) is 24.3 Å². The lowest BCUT2D eigenvalue weighted by Crippen LogP contribution is -2.28. The Kier molecular flexibility index (Phi) is 2.50. The van der Waals surface area contributed by atoms with Crippen molar-refractivity contribution in [2.45, 2.75) is 32.7 Å². The molecule has 1 aromatic heterocycles. The highest BCUT2D eigenvalue weighted by molar-refractivity contribution is 5.17. The highest BCUT2D eigenvalue weighted by Gasteiger charge is 2.45. The Labute approximate surface area is 85.0 Å². The van der Waals surface area contributed by atoms with E-state index in [1.165, 1.54) is 18.4 Å². The number of nitrogens with zero attached hydrogens (tertiary/aromatic N) is 2. The molecule has 3 heteroatoms. The second kappa shape index (κ2) is 3.65. The summed E-state index contributed by atoms with van der Waals surface area (Å²) in [4.78, 5) is 8.16. The lowest BCUT2D eigenvalue weighted by molar-refractivity contribution is 0.371. The Morgan fingerprint density at radius 3 is 2.57 bits per heavy atom. The topological polar surface area (TPSA) is 37.8 Å². The lowest BCUT2D eigenvalue weighted by atomic mass is 9.93.